The molecular formula is C16H15Cl2NO3. The first-order valence-electron chi connectivity index (χ1n) is 6.52. The standard InChI is InChI=1S/C16H15Cl2NO3/c1-3-8-22-12-6-5-11(17)15(18)14(12)16(21)10-4-7-13(20)19(2)9-10/h3-7,9,16,21H,1,8H2,2H3. The minimum absolute atomic E-state index is 0.170. The molecule has 1 heterocycles. The maximum Gasteiger partial charge on any atom is 0.250 e. The molecule has 0 spiro atoms. The van der Waals surface area contributed by atoms with Crippen LogP contribution in [0.25, 0.3) is 0 Å². The van der Waals surface area contributed by atoms with E-state index in [-0.39, 0.29) is 17.2 Å². The van der Waals surface area contributed by atoms with Crippen molar-refractivity contribution in [2.75, 3.05) is 6.61 Å². The van der Waals surface area contributed by atoms with Crippen LogP contribution in [0.15, 0.2) is 47.9 Å². The Labute approximate surface area is 138 Å². The minimum atomic E-state index is -1.07. The quantitative estimate of drug-likeness (QED) is 0.850. The first kappa shape index (κ1) is 16.6. The first-order valence-corrected chi connectivity index (χ1v) is 7.27. The molecule has 0 aliphatic carbocycles. The van der Waals surface area contributed by atoms with Crippen LogP contribution >= 0.6 is 23.2 Å². The van der Waals surface area contributed by atoms with Crippen molar-refractivity contribution in [2.45, 2.75) is 6.10 Å². The smallest absolute Gasteiger partial charge is 0.250 e. The number of nitrogens with zero attached hydrogens (tertiary/aromatic N) is 1. The van der Waals surface area contributed by atoms with Gasteiger partial charge in [0.2, 0.25) is 5.56 Å². The zero-order chi connectivity index (χ0) is 16.3. The molecule has 1 aromatic heterocycles. The predicted octanol–water partition coefficient (Wildman–Crippen LogP) is 3.34. The van der Waals surface area contributed by atoms with Crippen molar-refractivity contribution in [3.05, 3.63) is 74.6 Å². The number of aryl methyl sites for hydroxylation is 1. The van der Waals surface area contributed by atoms with Gasteiger partial charge in [0.05, 0.1) is 10.0 Å². The number of aliphatic hydroxyl groups excluding tert-OH is 1. The number of benzene rings is 1. The monoisotopic (exact) mass is 339 g/mol. The second kappa shape index (κ2) is 7.01. The predicted molar refractivity (Wildman–Crippen MR) is 87.9 cm³/mol. The van der Waals surface area contributed by atoms with Crippen LogP contribution in [-0.4, -0.2) is 16.3 Å². The van der Waals surface area contributed by atoms with Gasteiger partial charge in [0.1, 0.15) is 18.5 Å². The molecule has 0 fully saturated rings. The zero-order valence-corrected chi connectivity index (χ0v) is 13.4. The van der Waals surface area contributed by atoms with E-state index in [1.165, 1.54) is 10.6 Å². The van der Waals surface area contributed by atoms with Gasteiger partial charge < -0.3 is 14.4 Å². The average molecular weight is 340 g/mol. The summed E-state index contributed by atoms with van der Waals surface area (Å²) in [6.45, 7) is 3.85. The molecule has 0 saturated carbocycles. The van der Waals surface area contributed by atoms with Gasteiger partial charge in [-0.2, -0.15) is 0 Å². The Bertz CT molecular complexity index is 756. The van der Waals surface area contributed by atoms with Gasteiger partial charge in [-0.25, -0.2) is 0 Å². The van der Waals surface area contributed by atoms with Crippen LogP contribution in [0.5, 0.6) is 5.75 Å². The molecule has 1 atom stereocenters. The summed E-state index contributed by atoms with van der Waals surface area (Å²) in [6.07, 6.45) is 2.06. The SMILES string of the molecule is C=CCOc1ccc(Cl)c(Cl)c1C(O)c1ccc(=O)n(C)c1. The van der Waals surface area contributed by atoms with E-state index < -0.39 is 6.10 Å². The Balaban J connectivity index is 2.53. The molecule has 4 nitrogen and oxygen atoms in total. The summed E-state index contributed by atoms with van der Waals surface area (Å²) < 4.78 is 6.91. The van der Waals surface area contributed by atoms with Crippen LogP contribution in [0, 0.1) is 0 Å². The molecule has 0 radical (unpaired) electrons. The van der Waals surface area contributed by atoms with Crippen molar-refractivity contribution >= 4 is 23.2 Å². The molecular weight excluding hydrogens is 325 g/mol. The van der Waals surface area contributed by atoms with E-state index >= 15 is 0 Å². The van der Waals surface area contributed by atoms with Crippen LogP contribution in [0.4, 0.5) is 0 Å². The first-order chi connectivity index (χ1) is 10.5. The highest BCUT2D eigenvalue weighted by molar-refractivity contribution is 6.42. The van der Waals surface area contributed by atoms with Crippen LogP contribution in [0.1, 0.15) is 17.2 Å². The number of halogens is 2. The Kier molecular flexibility index (Phi) is 5.29. The molecule has 1 aromatic carbocycles. The molecule has 0 aliphatic heterocycles. The number of aromatic nitrogens is 1. The summed E-state index contributed by atoms with van der Waals surface area (Å²) >= 11 is 12.3. The van der Waals surface area contributed by atoms with Gasteiger partial charge in [0.25, 0.3) is 0 Å². The van der Waals surface area contributed by atoms with Crippen LogP contribution in [0.3, 0.4) is 0 Å². The fourth-order valence-corrected chi connectivity index (χ4v) is 2.45. The molecule has 0 saturated heterocycles. The maximum absolute atomic E-state index is 11.5. The highest BCUT2D eigenvalue weighted by Gasteiger charge is 2.21. The van der Waals surface area contributed by atoms with E-state index in [0.29, 0.717) is 21.9 Å². The molecule has 2 rings (SSSR count). The van der Waals surface area contributed by atoms with Crippen molar-refractivity contribution in [3.63, 3.8) is 0 Å². The highest BCUT2D eigenvalue weighted by Crippen LogP contribution is 2.39. The largest absolute Gasteiger partial charge is 0.489 e. The minimum Gasteiger partial charge on any atom is -0.489 e. The summed E-state index contributed by atoms with van der Waals surface area (Å²) in [5.41, 5.74) is 0.695. The summed E-state index contributed by atoms with van der Waals surface area (Å²) in [5.74, 6) is 0.413. The average Bonchev–Trinajstić information content (AvgIpc) is 2.50. The van der Waals surface area contributed by atoms with Crippen LogP contribution in [-0.2, 0) is 7.05 Å². The lowest BCUT2D eigenvalue weighted by atomic mass is 10.0. The zero-order valence-electron chi connectivity index (χ0n) is 11.9. The molecule has 1 unspecified atom stereocenters. The second-order valence-electron chi connectivity index (χ2n) is 4.69. The van der Waals surface area contributed by atoms with Crippen molar-refractivity contribution in [1.82, 2.24) is 4.57 Å². The van der Waals surface area contributed by atoms with E-state index in [9.17, 15) is 9.90 Å². The lowest BCUT2D eigenvalue weighted by Crippen LogP contribution is -2.16. The molecule has 1 N–H and O–H groups in total. The summed E-state index contributed by atoms with van der Waals surface area (Å²) in [4.78, 5) is 11.5. The van der Waals surface area contributed by atoms with Crippen LogP contribution in [0.2, 0.25) is 10.0 Å². The Morgan fingerprint density at radius 2 is 2.09 bits per heavy atom. The number of pyridine rings is 1. The third kappa shape index (κ3) is 3.35. The summed E-state index contributed by atoms with van der Waals surface area (Å²) in [5, 5.41) is 11.2. The van der Waals surface area contributed by atoms with Crippen LogP contribution < -0.4 is 10.3 Å². The number of ether oxygens (including phenoxy) is 1. The van der Waals surface area contributed by atoms with E-state index in [1.807, 2.05) is 0 Å². The Morgan fingerprint density at radius 3 is 2.73 bits per heavy atom. The topological polar surface area (TPSA) is 51.5 Å². The maximum atomic E-state index is 11.5. The molecule has 0 aliphatic rings. The second-order valence-corrected chi connectivity index (χ2v) is 5.47. The van der Waals surface area contributed by atoms with Gasteiger partial charge in [-0.15, -0.1) is 0 Å². The fraction of sp³-hybridized carbons (Fsp3) is 0.188. The van der Waals surface area contributed by atoms with E-state index in [4.69, 9.17) is 27.9 Å². The van der Waals surface area contributed by atoms with E-state index in [2.05, 4.69) is 6.58 Å². The van der Waals surface area contributed by atoms with Gasteiger partial charge in [0, 0.05) is 30.4 Å². The van der Waals surface area contributed by atoms with Crippen molar-refractivity contribution in [2.24, 2.45) is 7.05 Å². The lowest BCUT2D eigenvalue weighted by molar-refractivity contribution is 0.212. The van der Waals surface area contributed by atoms with Gasteiger partial charge >= 0.3 is 0 Å². The number of hydrogen-bond acceptors (Lipinski definition) is 3. The Morgan fingerprint density at radius 1 is 1.36 bits per heavy atom. The lowest BCUT2D eigenvalue weighted by Gasteiger charge is -2.18. The molecule has 116 valence electrons. The molecule has 2 aromatic rings. The van der Waals surface area contributed by atoms with E-state index in [0.717, 1.165) is 0 Å². The number of aliphatic hydroxyl groups is 1. The Hall–Kier alpha value is -1.75. The van der Waals surface area contributed by atoms with Gasteiger partial charge in [-0.05, 0) is 18.2 Å². The van der Waals surface area contributed by atoms with Gasteiger partial charge in [-0.1, -0.05) is 35.9 Å². The fourth-order valence-electron chi connectivity index (χ4n) is 2.02. The number of rotatable bonds is 5. The van der Waals surface area contributed by atoms with E-state index in [1.54, 1.807) is 37.5 Å². The molecule has 0 bridgehead atoms. The summed E-state index contributed by atoms with van der Waals surface area (Å²) in [7, 11) is 1.60. The van der Waals surface area contributed by atoms with Gasteiger partial charge in [-0.3, -0.25) is 4.79 Å². The third-order valence-electron chi connectivity index (χ3n) is 3.15. The molecule has 0 amide bonds. The molecule has 6 heteroatoms. The highest BCUT2D eigenvalue weighted by atomic mass is 35.5. The normalized spacial score (nSPS) is 12.0. The third-order valence-corrected chi connectivity index (χ3v) is 3.97. The number of hydrogen-bond donors (Lipinski definition) is 1. The summed E-state index contributed by atoms with van der Waals surface area (Å²) in [6, 6.07) is 6.15. The van der Waals surface area contributed by atoms with Gasteiger partial charge in [0.15, 0.2) is 0 Å². The van der Waals surface area contributed by atoms with Crippen molar-refractivity contribution in [3.8, 4) is 5.75 Å². The van der Waals surface area contributed by atoms with Crippen molar-refractivity contribution in [1.29, 1.82) is 0 Å². The molecule has 22 heavy (non-hydrogen) atoms. The van der Waals surface area contributed by atoms with Crippen molar-refractivity contribution < 1.29 is 9.84 Å².